The Morgan fingerprint density at radius 2 is 2.03 bits per heavy atom. The number of rotatable bonds is 8. The summed E-state index contributed by atoms with van der Waals surface area (Å²) in [7, 11) is 1.60. The van der Waals surface area contributed by atoms with E-state index in [2.05, 4.69) is 21.2 Å². The fourth-order valence-corrected chi connectivity index (χ4v) is 3.87. The molecule has 0 atom stereocenters. The van der Waals surface area contributed by atoms with Gasteiger partial charge in [0.1, 0.15) is 0 Å². The van der Waals surface area contributed by atoms with E-state index < -0.39 is 5.97 Å². The van der Waals surface area contributed by atoms with Gasteiger partial charge in [0.15, 0.2) is 11.5 Å². The van der Waals surface area contributed by atoms with Crippen molar-refractivity contribution in [3.63, 3.8) is 0 Å². The second-order valence-corrected chi connectivity index (χ2v) is 7.39. The van der Waals surface area contributed by atoms with Crippen LogP contribution in [0.2, 0.25) is 0 Å². The molecular weight excluding hydrogens is 440 g/mol. The maximum Gasteiger partial charge on any atom is 0.337 e. The third kappa shape index (κ3) is 5.13. The van der Waals surface area contributed by atoms with Gasteiger partial charge in [0, 0.05) is 25.3 Å². The van der Waals surface area contributed by atoms with Crippen LogP contribution in [0.3, 0.4) is 0 Å². The molecule has 0 unspecified atom stereocenters. The molecule has 0 aliphatic carbocycles. The van der Waals surface area contributed by atoms with Crippen molar-refractivity contribution in [3.05, 3.63) is 45.9 Å². The molecule has 1 heterocycles. The van der Waals surface area contributed by atoms with Gasteiger partial charge < -0.3 is 29.5 Å². The lowest BCUT2D eigenvalue weighted by Crippen LogP contribution is -2.37. The maximum absolute atomic E-state index is 11.8. The van der Waals surface area contributed by atoms with Gasteiger partial charge in [-0.25, -0.2) is 4.79 Å². The van der Waals surface area contributed by atoms with E-state index in [9.17, 15) is 9.90 Å². The number of benzene rings is 2. The van der Waals surface area contributed by atoms with Crippen LogP contribution >= 0.6 is 15.9 Å². The summed E-state index contributed by atoms with van der Waals surface area (Å²) < 4.78 is 17.2. The molecule has 3 rings (SSSR count). The number of morpholine rings is 1. The van der Waals surface area contributed by atoms with Gasteiger partial charge in [-0.2, -0.15) is 0 Å². The van der Waals surface area contributed by atoms with Gasteiger partial charge in [-0.15, -0.1) is 0 Å². The average Bonchev–Trinajstić information content (AvgIpc) is 2.74. The molecule has 0 aromatic heterocycles. The highest BCUT2D eigenvalue weighted by atomic mass is 79.9. The Bertz CT molecular complexity index is 868. The first-order valence-corrected chi connectivity index (χ1v) is 10.3. The van der Waals surface area contributed by atoms with Crippen molar-refractivity contribution >= 4 is 33.3 Å². The number of carbonyl (C=O) groups is 1. The monoisotopic (exact) mass is 464 g/mol. The highest BCUT2D eigenvalue weighted by Gasteiger charge is 2.19. The van der Waals surface area contributed by atoms with Crippen LogP contribution in [-0.2, 0) is 11.3 Å². The highest BCUT2D eigenvalue weighted by Crippen LogP contribution is 2.37. The van der Waals surface area contributed by atoms with E-state index in [1.165, 1.54) is 0 Å². The summed E-state index contributed by atoms with van der Waals surface area (Å²) in [6.07, 6.45) is 0. The molecule has 1 aliphatic rings. The second kappa shape index (κ2) is 9.84. The number of hydrogen-bond donors (Lipinski definition) is 2. The normalized spacial score (nSPS) is 13.8. The van der Waals surface area contributed by atoms with Gasteiger partial charge >= 0.3 is 5.97 Å². The van der Waals surface area contributed by atoms with Crippen LogP contribution < -0.4 is 19.7 Å². The molecule has 156 valence electrons. The zero-order valence-electron chi connectivity index (χ0n) is 16.5. The number of hydrogen-bond acceptors (Lipinski definition) is 6. The van der Waals surface area contributed by atoms with Crippen molar-refractivity contribution in [2.45, 2.75) is 13.5 Å². The van der Waals surface area contributed by atoms with Gasteiger partial charge in [0.2, 0.25) is 0 Å². The van der Waals surface area contributed by atoms with E-state index in [-0.39, 0.29) is 5.56 Å². The molecule has 8 heteroatoms. The Balaban J connectivity index is 1.77. The van der Waals surface area contributed by atoms with E-state index in [0.717, 1.165) is 21.4 Å². The number of carboxylic acid groups (broad SMARTS) is 1. The number of nitrogens with zero attached hydrogens (tertiary/aromatic N) is 1. The van der Waals surface area contributed by atoms with Crippen LogP contribution in [-0.4, -0.2) is 51.1 Å². The van der Waals surface area contributed by atoms with Crippen molar-refractivity contribution in [1.29, 1.82) is 0 Å². The fourth-order valence-electron chi connectivity index (χ4n) is 3.26. The minimum absolute atomic E-state index is 0.280. The summed E-state index contributed by atoms with van der Waals surface area (Å²) in [6.45, 7) is 5.56. The minimum Gasteiger partial charge on any atom is -0.493 e. The van der Waals surface area contributed by atoms with E-state index >= 15 is 0 Å². The van der Waals surface area contributed by atoms with E-state index in [0.29, 0.717) is 51.0 Å². The number of carboxylic acids is 1. The molecule has 29 heavy (non-hydrogen) atoms. The zero-order valence-corrected chi connectivity index (χ0v) is 18.1. The molecule has 2 aromatic carbocycles. The standard InChI is InChI=1S/C21H25BrN2O5/c1-3-29-20-17(22)10-14(11-19(20)27-2)13-23-15-4-5-18(16(12-15)21(25)26)24-6-8-28-9-7-24/h4-5,10-12,23H,3,6-9,13H2,1-2H3,(H,25,26). The van der Waals surface area contributed by atoms with Crippen LogP contribution in [0, 0.1) is 0 Å². The van der Waals surface area contributed by atoms with Crippen LogP contribution in [0.4, 0.5) is 11.4 Å². The SMILES string of the molecule is CCOc1c(Br)cc(CNc2ccc(N3CCOCC3)c(C(=O)O)c2)cc1OC. The summed E-state index contributed by atoms with van der Waals surface area (Å²) in [5.41, 5.74) is 2.72. The lowest BCUT2D eigenvalue weighted by Gasteiger charge is -2.30. The Morgan fingerprint density at radius 3 is 2.69 bits per heavy atom. The van der Waals surface area contributed by atoms with Gasteiger partial charge in [0.05, 0.1) is 42.7 Å². The van der Waals surface area contributed by atoms with Crippen molar-refractivity contribution in [2.24, 2.45) is 0 Å². The quantitative estimate of drug-likeness (QED) is 0.610. The third-order valence-corrected chi connectivity index (χ3v) is 5.24. The first-order chi connectivity index (χ1) is 14.0. The summed E-state index contributed by atoms with van der Waals surface area (Å²) >= 11 is 3.52. The predicted molar refractivity (Wildman–Crippen MR) is 116 cm³/mol. The van der Waals surface area contributed by atoms with Gasteiger partial charge in [-0.1, -0.05) is 0 Å². The minimum atomic E-state index is -0.944. The Hall–Kier alpha value is -2.45. The van der Waals surface area contributed by atoms with E-state index in [1.54, 1.807) is 13.2 Å². The van der Waals surface area contributed by atoms with Gasteiger partial charge in [0.25, 0.3) is 0 Å². The van der Waals surface area contributed by atoms with Crippen molar-refractivity contribution in [1.82, 2.24) is 0 Å². The number of aromatic carboxylic acids is 1. The van der Waals surface area contributed by atoms with E-state index in [4.69, 9.17) is 14.2 Å². The molecule has 0 amide bonds. The lowest BCUT2D eigenvalue weighted by molar-refractivity contribution is 0.0696. The second-order valence-electron chi connectivity index (χ2n) is 6.53. The molecule has 0 radical (unpaired) electrons. The predicted octanol–water partition coefficient (Wildman–Crippen LogP) is 4.00. The van der Waals surface area contributed by atoms with Gasteiger partial charge in [-0.3, -0.25) is 0 Å². The van der Waals surface area contributed by atoms with Crippen LogP contribution in [0.1, 0.15) is 22.8 Å². The van der Waals surface area contributed by atoms with Gasteiger partial charge in [-0.05, 0) is 58.7 Å². The van der Waals surface area contributed by atoms with Crippen molar-refractivity contribution < 1.29 is 24.1 Å². The molecule has 1 aliphatic heterocycles. The molecule has 2 aromatic rings. The number of halogens is 1. The molecule has 7 nitrogen and oxygen atoms in total. The average molecular weight is 465 g/mol. The maximum atomic E-state index is 11.8. The number of ether oxygens (including phenoxy) is 3. The van der Waals surface area contributed by atoms with E-state index in [1.807, 2.05) is 36.1 Å². The number of anilines is 2. The summed E-state index contributed by atoms with van der Waals surface area (Å²) in [4.78, 5) is 13.8. The molecular formula is C21H25BrN2O5. The molecule has 0 spiro atoms. The van der Waals surface area contributed by atoms with Crippen LogP contribution in [0.15, 0.2) is 34.8 Å². The molecule has 1 fully saturated rings. The third-order valence-electron chi connectivity index (χ3n) is 4.65. The summed E-state index contributed by atoms with van der Waals surface area (Å²) in [5, 5.41) is 13.0. The smallest absolute Gasteiger partial charge is 0.337 e. The fraction of sp³-hybridized carbons (Fsp3) is 0.381. The molecule has 1 saturated heterocycles. The molecule has 0 saturated carbocycles. The Morgan fingerprint density at radius 1 is 1.28 bits per heavy atom. The molecule has 0 bridgehead atoms. The topological polar surface area (TPSA) is 80.3 Å². The van der Waals surface area contributed by atoms with Crippen LogP contribution in [0.5, 0.6) is 11.5 Å². The first-order valence-electron chi connectivity index (χ1n) is 9.46. The summed E-state index contributed by atoms with van der Waals surface area (Å²) in [5.74, 6) is 0.370. The lowest BCUT2D eigenvalue weighted by atomic mass is 10.1. The zero-order chi connectivity index (χ0) is 20.8. The Kier molecular flexibility index (Phi) is 7.22. The van der Waals surface area contributed by atoms with Crippen molar-refractivity contribution in [2.75, 3.05) is 50.2 Å². The number of methoxy groups -OCH3 is 1. The number of nitrogens with one attached hydrogen (secondary N) is 1. The van der Waals surface area contributed by atoms with Crippen LogP contribution in [0.25, 0.3) is 0 Å². The first kappa shape index (κ1) is 21.3. The summed E-state index contributed by atoms with van der Waals surface area (Å²) in [6, 6.07) is 9.29. The largest absolute Gasteiger partial charge is 0.493 e. The highest BCUT2D eigenvalue weighted by molar-refractivity contribution is 9.10. The molecule has 2 N–H and O–H groups in total. The Labute approximate surface area is 178 Å². The van der Waals surface area contributed by atoms with Crippen molar-refractivity contribution in [3.8, 4) is 11.5 Å².